The van der Waals surface area contributed by atoms with E-state index in [0.717, 1.165) is 22.5 Å². The molecule has 0 saturated carbocycles. The summed E-state index contributed by atoms with van der Waals surface area (Å²) in [5.74, 6) is 0.513. The predicted molar refractivity (Wildman–Crippen MR) is 92.3 cm³/mol. The highest BCUT2D eigenvalue weighted by molar-refractivity contribution is 6.67. The number of hydrogen-bond donors (Lipinski definition) is 0. The lowest BCUT2D eigenvalue weighted by atomic mass is 10.0. The van der Waals surface area contributed by atoms with Gasteiger partial charge in [-0.05, 0) is 29.8 Å². The molecular formula is C17H10Cl2N4O. The normalized spacial score (nSPS) is 12.8. The quantitative estimate of drug-likeness (QED) is 0.658. The average Bonchev–Trinajstić information content (AvgIpc) is 2.95. The van der Waals surface area contributed by atoms with Crippen molar-refractivity contribution in [2.75, 3.05) is 0 Å². The number of rotatable bonds is 2. The van der Waals surface area contributed by atoms with E-state index in [9.17, 15) is 4.79 Å². The molecule has 0 N–H and O–H groups in total. The van der Waals surface area contributed by atoms with Crippen LogP contribution in [-0.2, 0) is 6.54 Å². The van der Waals surface area contributed by atoms with Crippen LogP contribution in [0.4, 0.5) is 0 Å². The Bertz CT molecular complexity index is 980. The first kappa shape index (κ1) is 15.1. The van der Waals surface area contributed by atoms with Crippen molar-refractivity contribution in [3.63, 3.8) is 0 Å². The van der Waals surface area contributed by atoms with Crippen LogP contribution in [0.2, 0.25) is 5.02 Å². The van der Waals surface area contributed by atoms with E-state index in [0.29, 0.717) is 10.8 Å². The fraction of sp³-hybridized carbons (Fsp3) is 0.0588. The SMILES string of the molecule is O=C(Cl)c1nc2n(n1)-c1ccc(Cl)cc1C(c1ccccc1)=NC2. The molecule has 5 nitrogen and oxygen atoms in total. The van der Waals surface area contributed by atoms with E-state index >= 15 is 0 Å². The van der Waals surface area contributed by atoms with Crippen LogP contribution in [0.3, 0.4) is 0 Å². The first-order valence-electron chi connectivity index (χ1n) is 7.19. The number of aliphatic imine (C=N–C) groups is 1. The standard InChI is InChI=1S/C17H10Cl2N4O/c18-11-6-7-13-12(8-11)15(10-4-2-1-3-5-10)20-9-14-21-17(16(19)24)22-23(13)14/h1-8H,9H2. The van der Waals surface area contributed by atoms with Gasteiger partial charge in [0.1, 0.15) is 0 Å². The molecule has 24 heavy (non-hydrogen) atoms. The highest BCUT2D eigenvalue weighted by atomic mass is 35.5. The summed E-state index contributed by atoms with van der Waals surface area (Å²) in [7, 11) is 0. The van der Waals surface area contributed by atoms with Gasteiger partial charge in [0.25, 0.3) is 5.24 Å². The minimum Gasteiger partial charge on any atom is -0.276 e. The largest absolute Gasteiger partial charge is 0.291 e. The second-order valence-corrected chi connectivity index (χ2v) is 6.01. The van der Waals surface area contributed by atoms with Crippen LogP contribution >= 0.6 is 23.2 Å². The number of carbonyl (C=O) groups excluding carboxylic acids is 1. The summed E-state index contributed by atoms with van der Waals surface area (Å²) in [5.41, 5.74) is 3.36. The Labute approximate surface area is 147 Å². The zero-order valence-electron chi connectivity index (χ0n) is 12.3. The number of halogens is 2. The van der Waals surface area contributed by atoms with Gasteiger partial charge < -0.3 is 0 Å². The van der Waals surface area contributed by atoms with Crippen LogP contribution in [0.15, 0.2) is 53.5 Å². The molecule has 3 aromatic rings. The van der Waals surface area contributed by atoms with Gasteiger partial charge in [0, 0.05) is 16.1 Å². The highest BCUT2D eigenvalue weighted by Crippen LogP contribution is 2.27. The van der Waals surface area contributed by atoms with Crippen molar-refractivity contribution in [1.82, 2.24) is 14.8 Å². The van der Waals surface area contributed by atoms with Crippen LogP contribution in [0, 0.1) is 0 Å². The molecular weight excluding hydrogens is 347 g/mol. The number of fused-ring (bicyclic) bond motifs is 3. The van der Waals surface area contributed by atoms with E-state index in [1.165, 1.54) is 0 Å². The Morgan fingerprint density at radius 1 is 1.12 bits per heavy atom. The van der Waals surface area contributed by atoms with Crippen molar-refractivity contribution >= 4 is 34.2 Å². The van der Waals surface area contributed by atoms with Gasteiger partial charge in [-0.2, -0.15) is 0 Å². The van der Waals surface area contributed by atoms with Crippen LogP contribution in [0.1, 0.15) is 27.6 Å². The summed E-state index contributed by atoms with van der Waals surface area (Å²) in [6.07, 6.45) is 0. The van der Waals surface area contributed by atoms with Crippen molar-refractivity contribution in [1.29, 1.82) is 0 Å². The number of nitrogens with zero attached hydrogens (tertiary/aromatic N) is 4. The maximum Gasteiger partial charge on any atom is 0.291 e. The third-order valence-electron chi connectivity index (χ3n) is 3.72. The Kier molecular flexibility index (Phi) is 3.67. The molecule has 0 radical (unpaired) electrons. The molecule has 1 aliphatic heterocycles. The molecule has 4 rings (SSSR count). The summed E-state index contributed by atoms with van der Waals surface area (Å²) in [6, 6.07) is 15.3. The van der Waals surface area contributed by atoms with E-state index in [2.05, 4.69) is 15.1 Å². The van der Waals surface area contributed by atoms with Gasteiger partial charge in [0.05, 0.1) is 17.9 Å². The lowest BCUT2D eigenvalue weighted by Crippen LogP contribution is -2.08. The summed E-state index contributed by atoms with van der Waals surface area (Å²) in [5, 5.41) is 4.11. The highest BCUT2D eigenvalue weighted by Gasteiger charge is 2.23. The van der Waals surface area contributed by atoms with Gasteiger partial charge in [-0.15, -0.1) is 5.10 Å². The average molecular weight is 357 g/mol. The fourth-order valence-electron chi connectivity index (χ4n) is 2.68. The lowest BCUT2D eigenvalue weighted by Gasteiger charge is -2.11. The summed E-state index contributed by atoms with van der Waals surface area (Å²) < 4.78 is 1.60. The third-order valence-corrected chi connectivity index (χ3v) is 4.12. The second-order valence-electron chi connectivity index (χ2n) is 5.23. The van der Waals surface area contributed by atoms with Crippen molar-refractivity contribution in [3.05, 3.63) is 76.3 Å². The van der Waals surface area contributed by atoms with Gasteiger partial charge in [0.2, 0.25) is 5.82 Å². The minimum atomic E-state index is -0.696. The van der Waals surface area contributed by atoms with Gasteiger partial charge in [-0.1, -0.05) is 41.9 Å². The summed E-state index contributed by atoms with van der Waals surface area (Å²) in [6.45, 7) is 0.285. The number of aromatic nitrogens is 3. The fourth-order valence-corrected chi connectivity index (χ4v) is 2.94. The van der Waals surface area contributed by atoms with Gasteiger partial charge in [0.15, 0.2) is 5.82 Å². The molecule has 0 aliphatic carbocycles. The Morgan fingerprint density at radius 2 is 1.92 bits per heavy atom. The second kappa shape index (κ2) is 5.85. The molecule has 0 atom stereocenters. The maximum atomic E-state index is 11.4. The van der Waals surface area contributed by atoms with Crippen molar-refractivity contribution in [3.8, 4) is 5.69 Å². The third kappa shape index (κ3) is 2.52. The zero-order valence-corrected chi connectivity index (χ0v) is 13.8. The summed E-state index contributed by atoms with van der Waals surface area (Å²) in [4.78, 5) is 20.2. The van der Waals surface area contributed by atoms with Crippen molar-refractivity contribution < 1.29 is 4.79 Å². The smallest absolute Gasteiger partial charge is 0.276 e. The summed E-state index contributed by atoms with van der Waals surface area (Å²) >= 11 is 11.7. The number of hydrogen-bond acceptors (Lipinski definition) is 4. The van der Waals surface area contributed by atoms with Crippen LogP contribution in [-0.4, -0.2) is 25.7 Å². The lowest BCUT2D eigenvalue weighted by molar-refractivity contribution is 0.107. The molecule has 118 valence electrons. The minimum absolute atomic E-state index is 0.0362. The first-order valence-corrected chi connectivity index (χ1v) is 7.95. The first-order chi connectivity index (χ1) is 11.6. The predicted octanol–water partition coefficient (Wildman–Crippen LogP) is 3.65. The number of benzene rings is 2. The molecule has 0 bridgehead atoms. The van der Waals surface area contributed by atoms with E-state index in [-0.39, 0.29) is 12.4 Å². The zero-order chi connectivity index (χ0) is 16.7. The van der Waals surface area contributed by atoms with Crippen molar-refractivity contribution in [2.45, 2.75) is 6.54 Å². The monoisotopic (exact) mass is 356 g/mol. The molecule has 0 spiro atoms. The molecule has 0 unspecified atom stereocenters. The Hall–Kier alpha value is -2.50. The molecule has 1 aromatic heterocycles. The van der Waals surface area contributed by atoms with Gasteiger partial charge in [-0.3, -0.25) is 9.79 Å². The van der Waals surface area contributed by atoms with Crippen molar-refractivity contribution in [2.24, 2.45) is 4.99 Å². The molecule has 0 amide bonds. The van der Waals surface area contributed by atoms with Gasteiger partial charge >= 0.3 is 0 Å². The van der Waals surface area contributed by atoms with E-state index in [1.807, 2.05) is 42.5 Å². The van der Waals surface area contributed by atoms with Crippen LogP contribution < -0.4 is 0 Å². The molecule has 1 aliphatic rings. The number of carbonyl (C=O) groups is 1. The van der Waals surface area contributed by atoms with E-state index in [1.54, 1.807) is 10.7 Å². The molecule has 2 aromatic carbocycles. The van der Waals surface area contributed by atoms with Crippen LogP contribution in [0.25, 0.3) is 5.69 Å². The molecule has 0 fully saturated rings. The van der Waals surface area contributed by atoms with Gasteiger partial charge in [-0.25, -0.2) is 9.67 Å². The molecule has 2 heterocycles. The molecule has 7 heteroatoms. The Morgan fingerprint density at radius 3 is 2.67 bits per heavy atom. The van der Waals surface area contributed by atoms with E-state index in [4.69, 9.17) is 23.2 Å². The topological polar surface area (TPSA) is 60.1 Å². The van der Waals surface area contributed by atoms with Crippen LogP contribution in [0.5, 0.6) is 0 Å². The maximum absolute atomic E-state index is 11.4. The van der Waals surface area contributed by atoms with E-state index < -0.39 is 5.24 Å². The molecule has 0 saturated heterocycles. The Balaban J connectivity index is 1.96.